The van der Waals surface area contributed by atoms with E-state index >= 15 is 0 Å². The molecule has 47 heavy (non-hydrogen) atoms. The third-order valence-electron chi connectivity index (χ3n) is 10.9. The predicted octanol–water partition coefficient (Wildman–Crippen LogP) is 1.95. The number of hydrogen-bond donors (Lipinski definition) is 5. The second-order valence-electron chi connectivity index (χ2n) is 13.9. The van der Waals surface area contributed by atoms with Crippen molar-refractivity contribution in [3.8, 4) is 11.5 Å². The predicted molar refractivity (Wildman–Crippen MR) is 172 cm³/mol. The number of likely N-dealkylation sites (tertiary alicyclic amines) is 2. The number of phenolic OH excluding ortho intramolecular Hbond substituents is 1. The van der Waals surface area contributed by atoms with E-state index in [1.807, 2.05) is 18.2 Å². The minimum absolute atomic E-state index is 0.0204. The van der Waals surface area contributed by atoms with E-state index in [2.05, 4.69) is 9.80 Å². The number of phenols is 1. The van der Waals surface area contributed by atoms with Crippen LogP contribution in [0.15, 0.2) is 40.9 Å². The van der Waals surface area contributed by atoms with E-state index < -0.39 is 58.0 Å². The van der Waals surface area contributed by atoms with Gasteiger partial charge in [-0.3, -0.25) is 29.1 Å². The van der Waals surface area contributed by atoms with Gasteiger partial charge in [0.25, 0.3) is 5.91 Å². The van der Waals surface area contributed by atoms with Gasteiger partial charge in [0.1, 0.15) is 35.2 Å². The number of ether oxygens (including phenoxy) is 1. The van der Waals surface area contributed by atoms with Crippen molar-refractivity contribution in [3.05, 3.63) is 57.6 Å². The SMILES string of the molecule is CN(C)[C@@H]1C(O)=C(C(N)=O)C(=O)[C@@]2(O)C(O)=C3C(=O)c4c(c(OCCN5CCCC5)c5ccc(CN6CCC6)cc5c4O)C[C@H]3C[C@@H]12. The van der Waals surface area contributed by atoms with Crippen LogP contribution < -0.4 is 10.5 Å². The van der Waals surface area contributed by atoms with Crippen molar-refractivity contribution in [3.63, 3.8) is 0 Å². The number of hydrogen-bond acceptors (Lipinski definition) is 11. The number of aliphatic hydroxyl groups excluding tert-OH is 2. The van der Waals surface area contributed by atoms with Gasteiger partial charge in [-0.05, 0) is 89.9 Å². The van der Waals surface area contributed by atoms with Crippen molar-refractivity contribution in [1.82, 2.24) is 14.7 Å². The summed E-state index contributed by atoms with van der Waals surface area (Å²) in [7, 11) is 3.22. The first-order valence-corrected chi connectivity index (χ1v) is 16.5. The topological polar surface area (TPSA) is 177 Å². The Kier molecular flexibility index (Phi) is 7.82. The Bertz CT molecular complexity index is 1760. The van der Waals surface area contributed by atoms with E-state index in [0.29, 0.717) is 41.8 Å². The molecule has 12 heteroatoms. The van der Waals surface area contributed by atoms with Crippen LogP contribution in [0.25, 0.3) is 10.8 Å². The van der Waals surface area contributed by atoms with E-state index in [1.165, 1.54) is 0 Å². The summed E-state index contributed by atoms with van der Waals surface area (Å²) in [5.41, 5.74) is 3.22. The molecule has 0 saturated carbocycles. The van der Waals surface area contributed by atoms with Gasteiger partial charge in [-0.2, -0.15) is 0 Å². The zero-order chi connectivity index (χ0) is 33.4. The highest BCUT2D eigenvalue weighted by Crippen LogP contribution is 2.54. The van der Waals surface area contributed by atoms with Gasteiger partial charge in [-0.1, -0.05) is 12.1 Å². The number of ketones is 2. The van der Waals surface area contributed by atoms with Crippen LogP contribution >= 0.6 is 0 Å². The molecule has 2 aromatic rings. The zero-order valence-corrected chi connectivity index (χ0v) is 26.8. The third kappa shape index (κ3) is 4.83. The fourth-order valence-electron chi connectivity index (χ4n) is 8.47. The number of primary amides is 1. The molecule has 2 aliphatic heterocycles. The summed E-state index contributed by atoms with van der Waals surface area (Å²) in [5.74, 6) is -6.21. The maximum absolute atomic E-state index is 14.5. The molecule has 2 fully saturated rings. The van der Waals surface area contributed by atoms with E-state index in [0.717, 1.165) is 51.0 Å². The number of carbonyl (C=O) groups excluding carboxylic acids is 3. The van der Waals surface area contributed by atoms with Crippen LogP contribution in [0.1, 0.15) is 47.2 Å². The highest BCUT2D eigenvalue weighted by atomic mass is 16.5. The Morgan fingerprint density at radius 1 is 1.04 bits per heavy atom. The molecule has 2 aromatic carbocycles. The average molecular weight is 647 g/mol. The van der Waals surface area contributed by atoms with Crippen molar-refractivity contribution >= 4 is 28.2 Å². The van der Waals surface area contributed by atoms with Crippen molar-refractivity contribution < 1.29 is 39.5 Å². The van der Waals surface area contributed by atoms with Crippen molar-refractivity contribution in [2.75, 3.05) is 53.4 Å². The number of likely N-dealkylation sites (N-methyl/N-ethyl adjacent to an activating group) is 1. The third-order valence-corrected chi connectivity index (χ3v) is 10.9. The molecule has 6 N–H and O–H groups in total. The summed E-state index contributed by atoms with van der Waals surface area (Å²) in [6.45, 7) is 5.78. The second-order valence-corrected chi connectivity index (χ2v) is 13.9. The van der Waals surface area contributed by atoms with E-state index in [1.54, 1.807) is 19.0 Å². The average Bonchev–Trinajstić information content (AvgIpc) is 3.52. The van der Waals surface area contributed by atoms with Crippen LogP contribution in [-0.2, 0) is 22.6 Å². The lowest BCUT2D eigenvalue weighted by molar-refractivity contribution is -0.148. The number of aromatic hydroxyl groups is 1. The molecule has 0 spiro atoms. The highest BCUT2D eigenvalue weighted by molar-refractivity contribution is 6.25. The number of rotatable bonds is 8. The molecule has 2 saturated heterocycles. The molecule has 3 aliphatic carbocycles. The molecule has 4 atom stereocenters. The normalized spacial score (nSPS) is 28.0. The Morgan fingerprint density at radius 2 is 1.74 bits per heavy atom. The lowest BCUT2D eigenvalue weighted by atomic mass is 9.58. The zero-order valence-electron chi connectivity index (χ0n) is 26.8. The van der Waals surface area contributed by atoms with Crippen molar-refractivity contribution in [2.45, 2.75) is 50.3 Å². The summed E-state index contributed by atoms with van der Waals surface area (Å²) in [6.07, 6.45) is 3.61. The van der Waals surface area contributed by atoms with E-state index in [4.69, 9.17) is 10.5 Å². The number of Topliss-reactive ketones (excluding diaryl/α,β-unsaturated/α-hetero) is 2. The molecule has 7 rings (SSSR count). The lowest BCUT2D eigenvalue weighted by Crippen LogP contribution is -2.63. The van der Waals surface area contributed by atoms with E-state index in [-0.39, 0.29) is 29.7 Å². The fraction of sp³-hybridized carbons (Fsp3) is 0.514. The van der Waals surface area contributed by atoms with Gasteiger partial charge in [0.15, 0.2) is 11.4 Å². The summed E-state index contributed by atoms with van der Waals surface area (Å²) in [4.78, 5) is 46.6. The first-order chi connectivity index (χ1) is 22.4. The number of carbonyl (C=O) groups is 3. The molecule has 12 nitrogen and oxygen atoms in total. The van der Waals surface area contributed by atoms with Crippen LogP contribution in [0.3, 0.4) is 0 Å². The molecule has 0 unspecified atom stereocenters. The first kappa shape index (κ1) is 31.6. The number of nitrogens with two attached hydrogens (primary N) is 1. The van der Waals surface area contributed by atoms with Crippen molar-refractivity contribution in [1.29, 1.82) is 0 Å². The van der Waals surface area contributed by atoms with Gasteiger partial charge in [0.2, 0.25) is 5.78 Å². The van der Waals surface area contributed by atoms with Gasteiger partial charge in [-0.25, -0.2) is 0 Å². The minimum Gasteiger partial charge on any atom is -0.510 e. The van der Waals surface area contributed by atoms with Gasteiger partial charge < -0.3 is 30.9 Å². The van der Waals surface area contributed by atoms with Gasteiger partial charge in [0, 0.05) is 40.9 Å². The van der Waals surface area contributed by atoms with Crippen molar-refractivity contribution in [2.24, 2.45) is 17.6 Å². The molecule has 0 bridgehead atoms. The molecule has 0 aromatic heterocycles. The summed E-state index contributed by atoms with van der Waals surface area (Å²) in [6, 6.07) is 4.77. The molecule has 5 aliphatic rings. The Balaban J connectivity index is 1.37. The molecular weight excluding hydrogens is 604 g/mol. The van der Waals surface area contributed by atoms with Gasteiger partial charge >= 0.3 is 0 Å². The van der Waals surface area contributed by atoms with Crippen LogP contribution in [0.4, 0.5) is 0 Å². The van der Waals surface area contributed by atoms with Crippen LogP contribution in [0.2, 0.25) is 0 Å². The Hall–Kier alpha value is -3.97. The maximum Gasteiger partial charge on any atom is 0.255 e. The van der Waals surface area contributed by atoms with Crippen LogP contribution in [-0.4, -0.2) is 118 Å². The van der Waals surface area contributed by atoms with E-state index in [9.17, 15) is 34.8 Å². The van der Waals surface area contributed by atoms with Gasteiger partial charge in [-0.15, -0.1) is 0 Å². The smallest absolute Gasteiger partial charge is 0.255 e. The largest absolute Gasteiger partial charge is 0.510 e. The Labute approximate surface area is 272 Å². The Morgan fingerprint density at radius 3 is 2.38 bits per heavy atom. The first-order valence-electron chi connectivity index (χ1n) is 16.5. The van der Waals surface area contributed by atoms with Crippen LogP contribution in [0, 0.1) is 11.8 Å². The number of nitrogens with zero attached hydrogens (tertiary/aromatic N) is 3. The molecule has 1 amide bonds. The minimum atomic E-state index is -2.68. The van der Waals surface area contributed by atoms with Crippen LogP contribution in [0.5, 0.6) is 11.5 Å². The molecule has 250 valence electrons. The molecule has 2 heterocycles. The summed E-state index contributed by atoms with van der Waals surface area (Å²) < 4.78 is 6.50. The molecule has 0 radical (unpaired) electrons. The monoisotopic (exact) mass is 646 g/mol. The maximum atomic E-state index is 14.5. The fourth-order valence-corrected chi connectivity index (χ4v) is 8.47. The summed E-state index contributed by atoms with van der Waals surface area (Å²) in [5, 5.41) is 47.6. The molecular formula is C35H42N4O8. The number of benzene rings is 2. The standard InChI is InChI=1S/C35H42N4O8/c1-37(2)27-23-16-19-15-22-25(29(41)24(19)32(43)35(23,46)33(44)26(30(27)42)34(36)45)28(40)21-14-18(17-39-10-5-11-39)6-7-20(21)31(22)47-13-12-38-8-3-4-9-38/h6-7,14,19,23,27,40,42-43,46H,3-5,8-13,15-17H2,1-2H3,(H2,36,45)/t19-,23-,27-,35-/m0/s1. The van der Waals surface area contributed by atoms with Gasteiger partial charge in [0.05, 0.1) is 11.6 Å². The number of amides is 1. The summed E-state index contributed by atoms with van der Waals surface area (Å²) >= 11 is 0. The lowest BCUT2D eigenvalue weighted by Gasteiger charge is -2.50. The number of fused-ring (bicyclic) bond motifs is 4. The quantitative estimate of drug-likeness (QED) is 0.265. The number of aliphatic hydroxyl groups is 3. The highest BCUT2D eigenvalue weighted by Gasteiger charge is 2.63. The number of allylic oxidation sites excluding steroid dienone is 1. The second kappa shape index (κ2) is 11.6.